The van der Waals surface area contributed by atoms with Crippen LogP contribution in [0.25, 0.3) is 17.0 Å². The third-order valence-electron chi connectivity index (χ3n) is 3.06. The fraction of sp³-hybridized carbons (Fsp3) is 0.176. The van der Waals surface area contributed by atoms with Gasteiger partial charge in [0.25, 0.3) is 0 Å². The summed E-state index contributed by atoms with van der Waals surface area (Å²) in [5, 5.41) is 10.1. The number of carbonyl (C=O) groups is 1. The Morgan fingerprint density at radius 2 is 2.24 bits per heavy atom. The van der Waals surface area contributed by atoms with E-state index in [2.05, 4.69) is 6.58 Å². The van der Waals surface area contributed by atoms with Gasteiger partial charge in [0.2, 0.25) is 0 Å². The topological polar surface area (TPSA) is 55.0 Å². The van der Waals surface area contributed by atoms with Crippen molar-refractivity contribution in [3.8, 4) is 6.07 Å². The van der Waals surface area contributed by atoms with E-state index in [1.165, 1.54) is 0 Å². The Kier molecular flexibility index (Phi) is 4.57. The fourth-order valence-corrected chi connectivity index (χ4v) is 2.18. The third kappa shape index (κ3) is 3.03. The molecule has 0 amide bonds. The number of fused-ring (bicyclic) bond motifs is 1. The highest BCUT2D eigenvalue weighted by atomic mass is 16.5. The molecule has 0 atom stereocenters. The van der Waals surface area contributed by atoms with Gasteiger partial charge in [0, 0.05) is 29.2 Å². The molecule has 21 heavy (non-hydrogen) atoms. The van der Waals surface area contributed by atoms with Gasteiger partial charge in [-0.05, 0) is 19.1 Å². The predicted molar refractivity (Wildman–Crippen MR) is 82.4 cm³/mol. The van der Waals surface area contributed by atoms with E-state index in [0.717, 1.165) is 16.5 Å². The lowest BCUT2D eigenvalue weighted by Crippen LogP contribution is -2.05. The molecule has 0 radical (unpaired) electrons. The van der Waals surface area contributed by atoms with Crippen molar-refractivity contribution in [1.29, 1.82) is 5.26 Å². The van der Waals surface area contributed by atoms with E-state index in [9.17, 15) is 4.79 Å². The van der Waals surface area contributed by atoms with Crippen molar-refractivity contribution in [3.63, 3.8) is 0 Å². The number of carbonyl (C=O) groups excluding carboxylic acids is 1. The summed E-state index contributed by atoms with van der Waals surface area (Å²) in [6, 6.07) is 9.73. The lowest BCUT2D eigenvalue weighted by molar-refractivity contribution is -0.137. The second-order valence-corrected chi connectivity index (χ2v) is 4.43. The van der Waals surface area contributed by atoms with Crippen LogP contribution in [0.5, 0.6) is 0 Å². The molecule has 0 fully saturated rings. The van der Waals surface area contributed by atoms with Gasteiger partial charge in [0.1, 0.15) is 11.6 Å². The van der Waals surface area contributed by atoms with E-state index in [0.29, 0.717) is 6.54 Å². The molecular formula is C17H16N2O2. The first kappa shape index (κ1) is 14.6. The maximum Gasteiger partial charge on any atom is 0.348 e. The Bertz CT molecular complexity index is 748. The zero-order valence-electron chi connectivity index (χ0n) is 11.9. The lowest BCUT2D eigenvalue weighted by atomic mass is 10.1. The summed E-state index contributed by atoms with van der Waals surface area (Å²) < 4.78 is 6.90. The number of allylic oxidation sites excluding steroid dienone is 1. The van der Waals surface area contributed by atoms with Crippen molar-refractivity contribution in [2.75, 3.05) is 6.61 Å². The van der Waals surface area contributed by atoms with Gasteiger partial charge in [-0.3, -0.25) is 0 Å². The quantitative estimate of drug-likeness (QED) is 0.365. The maximum absolute atomic E-state index is 11.7. The first-order valence-electron chi connectivity index (χ1n) is 6.69. The molecule has 1 aromatic carbocycles. The Hall–Kier alpha value is -2.80. The Labute approximate surface area is 123 Å². The fourth-order valence-electron chi connectivity index (χ4n) is 2.18. The maximum atomic E-state index is 11.7. The smallest absolute Gasteiger partial charge is 0.348 e. The van der Waals surface area contributed by atoms with Crippen molar-refractivity contribution in [2.24, 2.45) is 0 Å². The minimum absolute atomic E-state index is 0.00152. The zero-order chi connectivity index (χ0) is 15.2. The van der Waals surface area contributed by atoms with Gasteiger partial charge in [0.15, 0.2) is 0 Å². The monoisotopic (exact) mass is 280 g/mol. The predicted octanol–water partition coefficient (Wildman–Crippen LogP) is 3.30. The Morgan fingerprint density at radius 3 is 2.90 bits per heavy atom. The van der Waals surface area contributed by atoms with Gasteiger partial charge in [-0.25, -0.2) is 4.79 Å². The molecular weight excluding hydrogens is 264 g/mol. The van der Waals surface area contributed by atoms with Crippen LogP contribution in [0.15, 0.2) is 48.7 Å². The molecule has 0 aliphatic carbocycles. The van der Waals surface area contributed by atoms with Crippen molar-refractivity contribution in [1.82, 2.24) is 4.57 Å². The van der Waals surface area contributed by atoms with Gasteiger partial charge >= 0.3 is 5.97 Å². The first-order chi connectivity index (χ1) is 10.2. The van der Waals surface area contributed by atoms with E-state index in [1.54, 1.807) is 19.1 Å². The van der Waals surface area contributed by atoms with Crippen molar-refractivity contribution in [2.45, 2.75) is 13.5 Å². The van der Waals surface area contributed by atoms with Crippen LogP contribution >= 0.6 is 0 Å². The number of rotatable bonds is 5. The molecule has 0 saturated carbocycles. The minimum atomic E-state index is -0.597. The zero-order valence-corrected chi connectivity index (χ0v) is 11.9. The second-order valence-electron chi connectivity index (χ2n) is 4.43. The molecule has 0 saturated heterocycles. The lowest BCUT2D eigenvalue weighted by Gasteiger charge is -1.99. The van der Waals surface area contributed by atoms with E-state index in [1.807, 2.05) is 41.1 Å². The largest absolute Gasteiger partial charge is 0.462 e. The van der Waals surface area contributed by atoms with E-state index >= 15 is 0 Å². The first-order valence-corrected chi connectivity index (χ1v) is 6.69. The van der Waals surface area contributed by atoms with Gasteiger partial charge in [-0.15, -0.1) is 6.58 Å². The highest BCUT2D eigenvalue weighted by Gasteiger charge is 2.12. The molecule has 1 heterocycles. The van der Waals surface area contributed by atoms with Gasteiger partial charge in [-0.2, -0.15) is 5.26 Å². The second kappa shape index (κ2) is 6.58. The molecule has 4 nitrogen and oxygen atoms in total. The number of aromatic nitrogens is 1. The highest BCUT2D eigenvalue weighted by molar-refractivity contribution is 6.01. The highest BCUT2D eigenvalue weighted by Crippen LogP contribution is 2.23. The van der Waals surface area contributed by atoms with E-state index in [4.69, 9.17) is 10.00 Å². The summed E-state index contributed by atoms with van der Waals surface area (Å²) in [7, 11) is 0. The summed E-state index contributed by atoms with van der Waals surface area (Å²) in [5.74, 6) is -0.597. The average molecular weight is 280 g/mol. The summed E-state index contributed by atoms with van der Waals surface area (Å²) in [6.45, 7) is 6.36. The number of benzene rings is 1. The van der Waals surface area contributed by atoms with Crippen LogP contribution in [-0.4, -0.2) is 17.1 Å². The molecule has 2 rings (SSSR count). The van der Waals surface area contributed by atoms with Crippen molar-refractivity contribution in [3.05, 3.63) is 54.3 Å². The number of hydrogen-bond acceptors (Lipinski definition) is 3. The van der Waals surface area contributed by atoms with Gasteiger partial charge in [0.05, 0.1) is 6.61 Å². The SMILES string of the molecule is C=CCn1cc(/C=C(/C#N)C(=O)OCC)c2ccccc21. The number of ether oxygens (including phenoxy) is 1. The molecule has 0 unspecified atom stereocenters. The van der Waals surface area contributed by atoms with E-state index < -0.39 is 5.97 Å². The Balaban J connectivity index is 2.53. The molecule has 4 heteroatoms. The molecule has 1 aromatic heterocycles. The van der Waals surface area contributed by atoms with Crippen LogP contribution in [0.4, 0.5) is 0 Å². The van der Waals surface area contributed by atoms with Crippen LogP contribution in [0.3, 0.4) is 0 Å². The van der Waals surface area contributed by atoms with Crippen LogP contribution in [0, 0.1) is 11.3 Å². The molecule has 0 aliphatic heterocycles. The minimum Gasteiger partial charge on any atom is -0.462 e. The third-order valence-corrected chi connectivity index (χ3v) is 3.06. The van der Waals surface area contributed by atoms with Crippen LogP contribution in [0.2, 0.25) is 0 Å². The van der Waals surface area contributed by atoms with Gasteiger partial charge < -0.3 is 9.30 Å². The molecule has 106 valence electrons. The average Bonchev–Trinajstić information content (AvgIpc) is 2.84. The molecule has 0 spiro atoms. The number of esters is 1. The normalized spacial score (nSPS) is 11.1. The van der Waals surface area contributed by atoms with Crippen molar-refractivity contribution < 1.29 is 9.53 Å². The number of nitriles is 1. The molecule has 2 aromatic rings. The molecule has 0 N–H and O–H groups in total. The van der Waals surface area contributed by atoms with Crippen molar-refractivity contribution >= 4 is 22.9 Å². The summed E-state index contributed by atoms with van der Waals surface area (Å²) in [6.07, 6.45) is 5.28. The van der Waals surface area contributed by atoms with Crippen LogP contribution in [0.1, 0.15) is 12.5 Å². The van der Waals surface area contributed by atoms with Crippen LogP contribution in [-0.2, 0) is 16.1 Å². The summed E-state index contributed by atoms with van der Waals surface area (Å²) >= 11 is 0. The number of hydrogen-bond donors (Lipinski definition) is 0. The standard InChI is InChI=1S/C17H16N2O2/c1-3-9-19-12-14(15-7-5-6-8-16(15)19)10-13(11-18)17(20)21-4-2/h3,5-8,10,12H,1,4,9H2,2H3/b13-10-. The van der Waals surface area contributed by atoms with Gasteiger partial charge in [-0.1, -0.05) is 24.3 Å². The van der Waals surface area contributed by atoms with Crippen LogP contribution < -0.4 is 0 Å². The molecule has 0 bridgehead atoms. The summed E-state index contributed by atoms with van der Waals surface area (Å²) in [4.78, 5) is 11.7. The summed E-state index contributed by atoms with van der Waals surface area (Å²) in [5.41, 5.74) is 1.85. The number of para-hydroxylation sites is 1. The Morgan fingerprint density at radius 1 is 1.48 bits per heavy atom. The van der Waals surface area contributed by atoms with E-state index in [-0.39, 0.29) is 12.2 Å². The molecule has 0 aliphatic rings. The number of nitrogens with zero attached hydrogens (tertiary/aromatic N) is 2.